The smallest absolute Gasteiger partial charge is 0.263 e. The van der Waals surface area contributed by atoms with Crippen molar-refractivity contribution >= 4 is 17.4 Å². The number of aromatic nitrogens is 1. The second kappa shape index (κ2) is 5.12. The van der Waals surface area contributed by atoms with Crippen molar-refractivity contribution in [2.24, 2.45) is 0 Å². The van der Waals surface area contributed by atoms with Gasteiger partial charge in [-0.1, -0.05) is 6.92 Å². The molecule has 1 aliphatic rings. The molecule has 0 fully saturated rings. The van der Waals surface area contributed by atoms with E-state index in [-0.39, 0.29) is 17.6 Å². The van der Waals surface area contributed by atoms with Crippen LogP contribution in [-0.2, 0) is 0 Å². The topological polar surface area (TPSA) is 45.2 Å². The first-order chi connectivity index (χ1) is 10.1. The minimum absolute atomic E-state index is 0.242. The molecule has 1 N–H and O–H groups in total. The lowest BCUT2D eigenvalue weighted by molar-refractivity contribution is 0.0973. The molecular formula is C15H13F2N3O. The first-order valence-corrected chi connectivity index (χ1v) is 6.61. The van der Waals surface area contributed by atoms with Crippen molar-refractivity contribution < 1.29 is 13.6 Å². The maximum atomic E-state index is 13.4. The molecule has 3 rings (SSSR count). The summed E-state index contributed by atoms with van der Waals surface area (Å²) >= 11 is 0. The number of carbonyl (C=O) groups is 1. The van der Waals surface area contributed by atoms with Crippen LogP contribution < -0.4 is 10.2 Å². The van der Waals surface area contributed by atoms with E-state index in [1.807, 2.05) is 6.92 Å². The highest BCUT2D eigenvalue weighted by Crippen LogP contribution is 2.30. The van der Waals surface area contributed by atoms with Gasteiger partial charge in [-0.05, 0) is 36.8 Å². The number of nitrogens with one attached hydrogen (secondary N) is 1. The molecule has 1 unspecified atom stereocenters. The first-order valence-electron chi connectivity index (χ1n) is 6.61. The lowest BCUT2D eigenvalue weighted by Crippen LogP contribution is -2.49. The number of hydrogen-bond donors (Lipinski definition) is 1. The summed E-state index contributed by atoms with van der Waals surface area (Å²) in [5.74, 6) is -0.980. The van der Waals surface area contributed by atoms with Gasteiger partial charge in [0.15, 0.2) is 0 Å². The van der Waals surface area contributed by atoms with E-state index in [1.165, 1.54) is 29.2 Å². The summed E-state index contributed by atoms with van der Waals surface area (Å²) in [6.45, 7) is 1.91. The minimum atomic E-state index is -0.481. The molecule has 1 aromatic carbocycles. The Morgan fingerprint density at radius 3 is 2.67 bits per heavy atom. The number of fused-ring (bicyclic) bond motifs is 1. The fraction of sp³-hybridized carbons (Fsp3) is 0.200. The Kier molecular flexibility index (Phi) is 3.29. The number of nitrogens with zero attached hydrogens (tertiary/aromatic N) is 2. The van der Waals surface area contributed by atoms with Crippen molar-refractivity contribution in [1.29, 1.82) is 0 Å². The van der Waals surface area contributed by atoms with Crippen molar-refractivity contribution in [2.75, 3.05) is 10.2 Å². The van der Waals surface area contributed by atoms with Crippen LogP contribution >= 0.6 is 0 Å². The number of amides is 1. The van der Waals surface area contributed by atoms with E-state index in [9.17, 15) is 13.6 Å². The van der Waals surface area contributed by atoms with E-state index in [2.05, 4.69) is 10.3 Å². The molecule has 21 heavy (non-hydrogen) atoms. The second-order valence-electron chi connectivity index (χ2n) is 4.77. The van der Waals surface area contributed by atoms with Crippen LogP contribution in [0.25, 0.3) is 0 Å². The summed E-state index contributed by atoms with van der Waals surface area (Å²) in [6.07, 6.45) is 1.37. The fourth-order valence-electron chi connectivity index (χ4n) is 2.39. The van der Waals surface area contributed by atoms with Gasteiger partial charge in [-0.3, -0.25) is 9.69 Å². The van der Waals surface area contributed by atoms with Gasteiger partial charge in [0.25, 0.3) is 5.91 Å². The van der Waals surface area contributed by atoms with Gasteiger partial charge in [0.05, 0.1) is 11.8 Å². The van der Waals surface area contributed by atoms with Gasteiger partial charge < -0.3 is 5.32 Å². The van der Waals surface area contributed by atoms with Gasteiger partial charge >= 0.3 is 0 Å². The summed E-state index contributed by atoms with van der Waals surface area (Å²) in [7, 11) is 0. The van der Waals surface area contributed by atoms with Crippen LogP contribution in [0.15, 0.2) is 36.5 Å². The van der Waals surface area contributed by atoms with Gasteiger partial charge in [-0.25, -0.2) is 13.8 Å². The van der Waals surface area contributed by atoms with E-state index in [1.54, 1.807) is 6.07 Å². The van der Waals surface area contributed by atoms with E-state index < -0.39 is 11.6 Å². The number of carbonyl (C=O) groups excluding carboxylic acids is 1. The summed E-state index contributed by atoms with van der Waals surface area (Å²) in [5, 5.41) is 3.17. The third-order valence-corrected chi connectivity index (χ3v) is 3.41. The molecule has 2 heterocycles. The highest BCUT2D eigenvalue weighted by atomic mass is 19.1. The minimum Gasteiger partial charge on any atom is -0.364 e. The molecule has 1 amide bonds. The molecule has 0 aliphatic carbocycles. The summed E-state index contributed by atoms with van der Waals surface area (Å²) in [4.78, 5) is 18.0. The zero-order valence-corrected chi connectivity index (χ0v) is 11.3. The molecular weight excluding hydrogens is 276 g/mol. The van der Waals surface area contributed by atoms with Crippen molar-refractivity contribution in [1.82, 2.24) is 4.98 Å². The maximum Gasteiger partial charge on any atom is 0.263 e. The summed E-state index contributed by atoms with van der Waals surface area (Å²) < 4.78 is 26.4. The zero-order chi connectivity index (χ0) is 15.0. The van der Waals surface area contributed by atoms with Crippen LogP contribution in [0.5, 0.6) is 0 Å². The van der Waals surface area contributed by atoms with E-state index in [0.29, 0.717) is 17.9 Å². The molecule has 0 saturated carbocycles. The molecule has 1 aliphatic heterocycles. The lowest BCUT2D eigenvalue weighted by Gasteiger charge is -2.36. The second-order valence-corrected chi connectivity index (χ2v) is 4.77. The van der Waals surface area contributed by atoms with Gasteiger partial charge in [-0.2, -0.15) is 0 Å². The number of hydrogen-bond acceptors (Lipinski definition) is 3. The third-order valence-electron chi connectivity index (χ3n) is 3.41. The van der Waals surface area contributed by atoms with Crippen LogP contribution in [0.2, 0.25) is 0 Å². The Hall–Kier alpha value is -2.50. The van der Waals surface area contributed by atoms with Gasteiger partial charge in [0.2, 0.25) is 0 Å². The summed E-state index contributed by atoms with van der Waals surface area (Å²) in [6, 6.07) is 6.71. The normalized spacial score (nSPS) is 17.4. The maximum absolute atomic E-state index is 13.4. The molecule has 108 valence electrons. The highest BCUT2D eigenvalue weighted by molar-refractivity contribution is 6.11. The van der Waals surface area contributed by atoms with Gasteiger partial charge in [-0.15, -0.1) is 0 Å². The molecule has 1 atom stereocenters. The molecule has 0 bridgehead atoms. The number of anilines is 2. The number of halogens is 2. The number of pyridine rings is 1. The van der Waals surface area contributed by atoms with Crippen molar-refractivity contribution in [3.8, 4) is 0 Å². The Balaban J connectivity index is 2.07. The monoisotopic (exact) mass is 289 g/mol. The van der Waals surface area contributed by atoms with Crippen LogP contribution in [0.4, 0.5) is 20.3 Å². The fourth-order valence-corrected chi connectivity index (χ4v) is 2.39. The molecule has 4 nitrogen and oxygen atoms in total. The van der Waals surface area contributed by atoms with E-state index >= 15 is 0 Å². The Morgan fingerprint density at radius 2 is 2.00 bits per heavy atom. The van der Waals surface area contributed by atoms with Crippen LogP contribution in [0.3, 0.4) is 0 Å². The van der Waals surface area contributed by atoms with Crippen LogP contribution in [0.1, 0.15) is 23.7 Å². The van der Waals surface area contributed by atoms with Crippen molar-refractivity contribution in [3.63, 3.8) is 0 Å². The molecule has 0 radical (unpaired) electrons. The average Bonchev–Trinajstić information content (AvgIpc) is 2.49. The van der Waals surface area contributed by atoms with Crippen molar-refractivity contribution in [2.45, 2.75) is 19.5 Å². The van der Waals surface area contributed by atoms with Crippen LogP contribution in [0, 0.1) is 11.6 Å². The zero-order valence-electron chi connectivity index (χ0n) is 11.3. The van der Waals surface area contributed by atoms with E-state index in [4.69, 9.17) is 0 Å². The number of rotatable bonds is 2. The van der Waals surface area contributed by atoms with Gasteiger partial charge in [0, 0.05) is 5.69 Å². The Labute approximate surface area is 120 Å². The standard InChI is InChI=1S/C15H13F2N3O/c1-2-13-19-12-5-3-9(16)7-11(12)15(21)20(13)14-6-4-10(17)8-18-14/h3-8,13,19H,2H2,1H3. The molecule has 2 aromatic rings. The van der Waals surface area contributed by atoms with Crippen molar-refractivity contribution in [3.05, 3.63) is 53.7 Å². The van der Waals surface area contributed by atoms with Crippen LogP contribution in [-0.4, -0.2) is 17.1 Å². The Bertz CT molecular complexity index is 688. The molecule has 6 heteroatoms. The lowest BCUT2D eigenvalue weighted by atomic mass is 10.1. The van der Waals surface area contributed by atoms with E-state index in [0.717, 1.165) is 6.20 Å². The summed E-state index contributed by atoms with van der Waals surface area (Å²) in [5.41, 5.74) is 0.831. The number of benzene rings is 1. The third kappa shape index (κ3) is 2.33. The SMILES string of the molecule is CCC1Nc2ccc(F)cc2C(=O)N1c1ccc(F)cn1. The Morgan fingerprint density at radius 1 is 1.24 bits per heavy atom. The molecule has 0 spiro atoms. The quantitative estimate of drug-likeness (QED) is 0.923. The molecule has 0 saturated heterocycles. The molecule has 1 aromatic heterocycles. The highest BCUT2D eigenvalue weighted by Gasteiger charge is 2.33. The predicted molar refractivity (Wildman–Crippen MR) is 75.1 cm³/mol. The van der Waals surface area contributed by atoms with Gasteiger partial charge in [0.1, 0.15) is 23.6 Å². The average molecular weight is 289 g/mol. The largest absolute Gasteiger partial charge is 0.364 e. The predicted octanol–water partition coefficient (Wildman–Crippen LogP) is 3.17. The first kappa shape index (κ1) is 13.5.